The second kappa shape index (κ2) is 4.52. The first kappa shape index (κ1) is 13.3. The van der Waals surface area contributed by atoms with E-state index in [-0.39, 0.29) is 22.7 Å². The Morgan fingerprint density at radius 1 is 1.26 bits per heavy atom. The third-order valence-corrected chi connectivity index (χ3v) is 3.39. The van der Waals surface area contributed by atoms with E-state index < -0.39 is 15.0 Å². The normalized spacial score (nSPS) is 11.5. The maximum Gasteiger partial charge on any atom is 0.295 e. The highest BCUT2D eigenvalue weighted by molar-refractivity contribution is 7.86. The van der Waals surface area contributed by atoms with Gasteiger partial charge in [0.05, 0.1) is 0 Å². The lowest BCUT2D eigenvalue weighted by atomic mass is 10.1. The molecule has 2 aromatic carbocycles. The van der Waals surface area contributed by atoms with Crippen LogP contribution in [0.1, 0.15) is 6.92 Å². The molecule has 0 aliphatic rings. The molecule has 0 atom stereocenters. The molecule has 0 aliphatic heterocycles. The largest absolute Gasteiger partial charge is 0.508 e. The summed E-state index contributed by atoms with van der Waals surface area (Å²) in [6, 6.07) is 6.95. The third kappa shape index (κ3) is 2.67. The Labute approximate surface area is 109 Å². The number of carbonyl (C=O) groups is 1. The lowest BCUT2D eigenvalue weighted by Crippen LogP contribution is -2.08. The van der Waals surface area contributed by atoms with E-state index in [1.165, 1.54) is 19.1 Å². The maximum atomic E-state index is 11.4. The SMILES string of the molecule is CC(=O)Nc1cccc2cc(O)cc(S(=O)(=O)O)c12. The summed E-state index contributed by atoms with van der Waals surface area (Å²) < 4.78 is 32.0. The van der Waals surface area contributed by atoms with E-state index in [0.717, 1.165) is 6.07 Å². The van der Waals surface area contributed by atoms with Gasteiger partial charge in [-0.2, -0.15) is 8.42 Å². The van der Waals surface area contributed by atoms with Crippen LogP contribution in [0.3, 0.4) is 0 Å². The minimum Gasteiger partial charge on any atom is -0.508 e. The summed E-state index contributed by atoms with van der Waals surface area (Å²) in [5.41, 5.74) is 0.248. The van der Waals surface area contributed by atoms with Crippen LogP contribution < -0.4 is 5.32 Å². The molecule has 0 saturated carbocycles. The van der Waals surface area contributed by atoms with Gasteiger partial charge in [-0.25, -0.2) is 0 Å². The average molecular weight is 281 g/mol. The molecule has 0 saturated heterocycles. The van der Waals surface area contributed by atoms with Crippen molar-refractivity contribution in [1.82, 2.24) is 0 Å². The Bertz CT molecular complexity index is 767. The van der Waals surface area contributed by atoms with Crippen molar-refractivity contribution in [2.45, 2.75) is 11.8 Å². The predicted molar refractivity (Wildman–Crippen MR) is 69.7 cm³/mol. The number of carbonyl (C=O) groups excluding carboxylic acids is 1. The van der Waals surface area contributed by atoms with Gasteiger partial charge in [0.1, 0.15) is 10.6 Å². The average Bonchev–Trinajstić information content (AvgIpc) is 2.25. The van der Waals surface area contributed by atoms with Crippen molar-refractivity contribution >= 4 is 32.5 Å². The van der Waals surface area contributed by atoms with Crippen LogP contribution in [0.4, 0.5) is 5.69 Å². The zero-order chi connectivity index (χ0) is 14.2. The fraction of sp³-hybridized carbons (Fsp3) is 0.0833. The molecule has 6 nitrogen and oxygen atoms in total. The Morgan fingerprint density at radius 3 is 2.53 bits per heavy atom. The van der Waals surface area contributed by atoms with Crippen molar-refractivity contribution in [2.24, 2.45) is 0 Å². The number of aromatic hydroxyl groups is 1. The Kier molecular flexibility index (Phi) is 3.17. The molecule has 100 valence electrons. The van der Waals surface area contributed by atoms with Crippen LogP contribution in [0, 0.1) is 0 Å². The molecule has 19 heavy (non-hydrogen) atoms. The van der Waals surface area contributed by atoms with Crippen LogP contribution in [0.15, 0.2) is 35.2 Å². The van der Waals surface area contributed by atoms with Gasteiger partial charge in [-0.15, -0.1) is 0 Å². The minimum absolute atomic E-state index is 0.151. The lowest BCUT2D eigenvalue weighted by Gasteiger charge is -2.11. The van der Waals surface area contributed by atoms with Crippen molar-refractivity contribution in [3.8, 4) is 5.75 Å². The molecule has 0 fully saturated rings. The van der Waals surface area contributed by atoms with Gasteiger partial charge in [0.25, 0.3) is 10.1 Å². The van der Waals surface area contributed by atoms with Crippen LogP contribution in [0.5, 0.6) is 5.75 Å². The Balaban J connectivity index is 2.90. The van der Waals surface area contributed by atoms with E-state index in [9.17, 15) is 22.9 Å². The summed E-state index contributed by atoms with van der Waals surface area (Å²) >= 11 is 0. The summed E-state index contributed by atoms with van der Waals surface area (Å²) in [5.74, 6) is -0.665. The predicted octanol–water partition coefficient (Wildman–Crippen LogP) is 1.75. The number of phenolic OH excluding ortho intramolecular Hbond substituents is 1. The van der Waals surface area contributed by atoms with Crippen LogP contribution in [-0.2, 0) is 14.9 Å². The fourth-order valence-electron chi connectivity index (χ4n) is 1.87. The maximum absolute atomic E-state index is 11.4. The number of anilines is 1. The summed E-state index contributed by atoms with van der Waals surface area (Å²) in [6.45, 7) is 1.28. The zero-order valence-corrected chi connectivity index (χ0v) is 10.7. The molecule has 2 rings (SSSR count). The molecule has 0 unspecified atom stereocenters. The van der Waals surface area contributed by atoms with Crippen LogP contribution in [0.25, 0.3) is 10.8 Å². The number of fused-ring (bicyclic) bond motifs is 1. The molecule has 0 radical (unpaired) electrons. The zero-order valence-electron chi connectivity index (χ0n) is 9.91. The van der Waals surface area contributed by atoms with Gasteiger partial charge < -0.3 is 10.4 Å². The van der Waals surface area contributed by atoms with Crippen LogP contribution in [0.2, 0.25) is 0 Å². The fourth-order valence-corrected chi connectivity index (χ4v) is 2.63. The first-order valence-corrected chi connectivity index (χ1v) is 6.74. The van der Waals surface area contributed by atoms with Crippen molar-refractivity contribution in [3.05, 3.63) is 30.3 Å². The second-order valence-electron chi connectivity index (χ2n) is 4.00. The molecular formula is C12H11NO5S. The van der Waals surface area contributed by atoms with Crippen molar-refractivity contribution in [2.75, 3.05) is 5.32 Å². The quantitative estimate of drug-likeness (QED) is 0.727. The summed E-state index contributed by atoms with van der Waals surface area (Å²) in [7, 11) is -4.52. The molecule has 0 spiro atoms. The van der Waals surface area contributed by atoms with Crippen molar-refractivity contribution in [1.29, 1.82) is 0 Å². The lowest BCUT2D eigenvalue weighted by molar-refractivity contribution is -0.114. The van der Waals surface area contributed by atoms with Gasteiger partial charge in [-0.1, -0.05) is 12.1 Å². The molecule has 3 N–H and O–H groups in total. The first-order chi connectivity index (χ1) is 8.79. The molecule has 0 bridgehead atoms. The van der Waals surface area contributed by atoms with E-state index in [0.29, 0.717) is 5.39 Å². The van der Waals surface area contributed by atoms with Crippen LogP contribution >= 0.6 is 0 Å². The van der Waals surface area contributed by atoms with E-state index in [1.807, 2.05) is 0 Å². The molecule has 0 aromatic heterocycles. The topological polar surface area (TPSA) is 104 Å². The van der Waals surface area contributed by atoms with Gasteiger partial charge >= 0.3 is 0 Å². The summed E-state index contributed by atoms with van der Waals surface area (Å²) in [5, 5.41) is 12.5. The third-order valence-electron chi connectivity index (χ3n) is 2.51. The number of amides is 1. The Morgan fingerprint density at radius 2 is 1.95 bits per heavy atom. The Hall–Kier alpha value is -2.12. The number of hydrogen-bond acceptors (Lipinski definition) is 4. The van der Waals surface area contributed by atoms with Crippen molar-refractivity contribution in [3.63, 3.8) is 0 Å². The standard InChI is InChI=1S/C12H11NO5S/c1-7(14)13-10-4-2-3-8-5-9(15)6-11(12(8)10)19(16,17)18/h2-6,15H,1H3,(H,13,14)(H,16,17,18). The monoisotopic (exact) mass is 281 g/mol. The first-order valence-electron chi connectivity index (χ1n) is 5.30. The smallest absolute Gasteiger partial charge is 0.295 e. The molecule has 1 amide bonds. The number of nitrogens with one attached hydrogen (secondary N) is 1. The van der Waals surface area contributed by atoms with Crippen molar-refractivity contribution < 1.29 is 22.9 Å². The highest BCUT2D eigenvalue weighted by Gasteiger charge is 2.18. The second-order valence-corrected chi connectivity index (χ2v) is 5.39. The number of phenols is 1. The number of hydrogen-bond donors (Lipinski definition) is 3. The van der Waals surface area contributed by atoms with Gasteiger partial charge in [-0.05, 0) is 17.5 Å². The molecule has 0 aliphatic carbocycles. The highest BCUT2D eigenvalue weighted by atomic mass is 32.2. The van der Waals surface area contributed by atoms with Gasteiger partial charge in [0, 0.05) is 24.1 Å². The van der Waals surface area contributed by atoms with E-state index in [2.05, 4.69) is 5.32 Å². The van der Waals surface area contributed by atoms with E-state index in [1.54, 1.807) is 12.1 Å². The van der Waals surface area contributed by atoms with Gasteiger partial charge in [0.15, 0.2) is 0 Å². The molecule has 0 heterocycles. The number of rotatable bonds is 2. The number of benzene rings is 2. The van der Waals surface area contributed by atoms with Gasteiger partial charge in [-0.3, -0.25) is 9.35 Å². The summed E-state index contributed by atoms with van der Waals surface area (Å²) in [6.07, 6.45) is 0. The molecular weight excluding hydrogens is 270 g/mol. The van der Waals surface area contributed by atoms with Gasteiger partial charge in [0.2, 0.25) is 5.91 Å². The van der Waals surface area contributed by atoms with E-state index >= 15 is 0 Å². The minimum atomic E-state index is -4.52. The van der Waals surface area contributed by atoms with Crippen LogP contribution in [-0.4, -0.2) is 24.0 Å². The molecule has 2 aromatic rings. The summed E-state index contributed by atoms with van der Waals surface area (Å²) in [4.78, 5) is 10.7. The van der Waals surface area contributed by atoms with E-state index in [4.69, 9.17) is 0 Å². The molecule has 7 heteroatoms. The highest BCUT2D eigenvalue weighted by Crippen LogP contribution is 2.33.